The lowest BCUT2D eigenvalue weighted by Crippen LogP contribution is -2.34. The highest BCUT2D eigenvalue weighted by Gasteiger charge is 2.36. The van der Waals surface area contributed by atoms with Crippen molar-refractivity contribution in [1.29, 1.82) is 0 Å². The van der Waals surface area contributed by atoms with E-state index < -0.39 is 5.97 Å². The van der Waals surface area contributed by atoms with Crippen molar-refractivity contribution < 1.29 is 24.2 Å². The summed E-state index contributed by atoms with van der Waals surface area (Å²) in [6.45, 7) is 0.836. The van der Waals surface area contributed by atoms with Crippen LogP contribution in [0.4, 0.5) is 4.79 Å². The van der Waals surface area contributed by atoms with Gasteiger partial charge in [-0.2, -0.15) is 0 Å². The van der Waals surface area contributed by atoms with Crippen molar-refractivity contribution >= 4 is 80.1 Å². The first-order chi connectivity index (χ1) is 16.3. The molecule has 178 valence electrons. The number of imide groups is 1. The predicted molar refractivity (Wildman–Crippen MR) is 149 cm³/mol. The number of carboxylic acid groups (broad SMARTS) is 1. The number of nitrogens with zero attached hydrogens (tertiary/aromatic N) is 1. The number of carbonyl (C=O) groups excluding carboxylic acids is 2. The number of aromatic carboxylic acids is 1. The van der Waals surface area contributed by atoms with E-state index in [0.717, 1.165) is 48.6 Å². The monoisotopic (exact) mass is 703 g/mol. The van der Waals surface area contributed by atoms with E-state index in [1.807, 2.05) is 12.1 Å². The lowest BCUT2D eigenvalue weighted by Gasteiger charge is -2.25. The molecule has 2 aromatic carbocycles. The molecule has 0 aromatic heterocycles. The van der Waals surface area contributed by atoms with Crippen molar-refractivity contribution in [2.24, 2.45) is 5.92 Å². The Morgan fingerprint density at radius 2 is 1.74 bits per heavy atom. The van der Waals surface area contributed by atoms with E-state index in [1.54, 1.807) is 30.3 Å². The molecule has 2 amide bonds. The minimum Gasteiger partial charge on any atom is -0.487 e. The second kappa shape index (κ2) is 11.4. The van der Waals surface area contributed by atoms with Crippen molar-refractivity contribution in [2.75, 3.05) is 6.54 Å². The summed E-state index contributed by atoms with van der Waals surface area (Å²) in [6, 6.07) is 10.5. The molecule has 0 spiro atoms. The summed E-state index contributed by atoms with van der Waals surface area (Å²) in [7, 11) is 0. The number of carbonyl (C=O) groups is 3. The predicted octanol–water partition coefficient (Wildman–Crippen LogP) is 6.79. The molecule has 9 heteroatoms. The summed E-state index contributed by atoms with van der Waals surface area (Å²) in [6.07, 6.45) is 7.55. The number of amides is 2. The van der Waals surface area contributed by atoms with Crippen molar-refractivity contribution in [3.05, 3.63) is 65.1 Å². The van der Waals surface area contributed by atoms with Gasteiger partial charge in [-0.25, -0.2) is 4.79 Å². The average Bonchev–Trinajstić information content (AvgIpc) is 3.07. The third kappa shape index (κ3) is 6.14. The largest absolute Gasteiger partial charge is 0.487 e. The van der Waals surface area contributed by atoms with Crippen molar-refractivity contribution in [3.63, 3.8) is 0 Å². The summed E-state index contributed by atoms with van der Waals surface area (Å²) < 4.78 is 7.78. The van der Waals surface area contributed by atoms with Crippen molar-refractivity contribution in [1.82, 2.24) is 4.90 Å². The van der Waals surface area contributed by atoms with E-state index in [4.69, 9.17) is 9.84 Å². The van der Waals surface area contributed by atoms with E-state index in [0.29, 0.717) is 24.0 Å². The number of carboxylic acids is 1. The maximum absolute atomic E-state index is 12.9. The molecule has 1 heterocycles. The Kier molecular flexibility index (Phi) is 8.57. The number of ether oxygens (including phenoxy) is 1. The van der Waals surface area contributed by atoms with Gasteiger partial charge in [-0.3, -0.25) is 14.5 Å². The third-order valence-corrected chi connectivity index (χ3v) is 8.45. The Labute approximate surface area is 229 Å². The maximum atomic E-state index is 12.9. The van der Waals surface area contributed by atoms with Gasteiger partial charge < -0.3 is 9.84 Å². The van der Waals surface area contributed by atoms with Gasteiger partial charge in [-0.05, 0) is 117 Å². The number of thioether (sulfide) groups is 1. The topological polar surface area (TPSA) is 83.9 Å². The molecule has 0 bridgehead atoms. The second-order valence-electron chi connectivity index (χ2n) is 8.40. The first kappa shape index (κ1) is 25.5. The smallest absolute Gasteiger partial charge is 0.335 e. The molecule has 1 aliphatic carbocycles. The van der Waals surface area contributed by atoms with Gasteiger partial charge in [0.05, 0.1) is 17.6 Å². The minimum absolute atomic E-state index is 0.180. The van der Waals surface area contributed by atoms with Crippen LogP contribution in [-0.2, 0) is 11.4 Å². The van der Waals surface area contributed by atoms with Crippen molar-refractivity contribution in [2.45, 2.75) is 38.7 Å². The molecule has 1 saturated carbocycles. The van der Waals surface area contributed by atoms with Gasteiger partial charge in [-0.15, -0.1) is 0 Å². The number of hydrogen-bond acceptors (Lipinski definition) is 5. The molecule has 0 unspecified atom stereocenters. The summed E-state index contributed by atoms with van der Waals surface area (Å²) >= 11 is 5.41. The van der Waals surface area contributed by atoms with Crippen LogP contribution in [0.1, 0.15) is 53.6 Å². The minimum atomic E-state index is -0.959. The van der Waals surface area contributed by atoms with Gasteiger partial charge in [0.2, 0.25) is 0 Å². The molecular formula is C25H23I2NO5S. The van der Waals surface area contributed by atoms with Gasteiger partial charge in [-0.1, -0.05) is 31.4 Å². The molecule has 34 heavy (non-hydrogen) atoms. The standard InChI is InChI=1S/C25H23I2NO5S/c26-19-10-17(11-20(27)22(19)33-14-16-6-8-18(9-7-16)24(30)31)12-21-23(29)28(25(32)34-21)13-15-4-2-1-3-5-15/h6-12,15H,1-5,13-14H2,(H,30,31)/b21-12+. The van der Waals surface area contributed by atoms with Crippen LogP contribution in [0.3, 0.4) is 0 Å². The summed E-state index contributed by atoms with van der Waals surface area (Å²) in [5.74, 6) is -0.0129. The highest BCUT2D eigenvalue weighted by atomic mass is 127. The molecular weight excluding hydrogens is 680 g/mol. The lowest BCUT2D eigenvalue weighted by atomic mass is 9.89. The highest BCUT2D eigenvalue weighted by molar-refractivity contribution is 14.1. The fourth-order valence-electron chi connectivity index (χ4n) is 4.14. The summed E-state index contributed by atoms with van der Waals surface area (Å²) in [5.41, 5.74) is 1.95. The molecule has 1 aliphatic heterocycles. The third-order valence-electron chi connectivity index (χ3n) is 5.94. The van der Waals surface area contributed by atoms with E-state index in [-0.39, 0.29) is 16.7 Å². The molecule has 6 nitrogen and oxygen atoms in total. The van der Waals surface area contributed by atoms with E-state index in [1.165, 1.54) is 24.2 Å². The van der Waals surface area contributed by atoms with Crippen LogP contribution in [0, 0.1) is 13.1 Å². The first-order valence-corrected chi connectivity index (χ1v) is 14.0. The SMILES string of the molecule is O=C(O)c1ccc(COc2c(I)cc(/C=C3/SC(=O)N(CC4CCCCC4)C3=O)cc2I)cc1. The average molecular weight is 703 g/mol. The zero-order chi connectivity index (χ0) is 24.2. The van der Waals surface area contributed by atoms with Crippen LogP contribution in [-0.4, -0.2) is 33.7 Å². The Bertz CT molecular complexity index is 1120. The highest BCUT2D eigenvalue weighted by Crippen LogP contribution is 2.36. The van der Waals surface area contributed by atoms with E-state index in [9.17, 15) is 14.4 Å². The van der Waals surface area contributed by atoms with Crippen LogP contribution in [0.5, 0.6) is 5.75 Å². The second-order valence-corrected chi connectivity index (χ2v) is 11.7. The van der Waals surface area contributed by atoms with E-state index >= 15 is 0 Å². The van der Waals surface area contributed by atoms with Gasteiger partial charge >= 0.3 is 5.97 Å². The van der Waals surface area contributed by atoms with Crippen LogP contribution < -0.4 is 4.74 Å². The summed E-state index contributed by atoms with van der Waals surface area (Å²) in [4.78, 5) is 38.3. The summed E-state index contributed by atoms with van der Waals surface area (Å²) in [5, 5.41) is 8.84. The number of benzene rings is 2. The molecule has 0 atom stereocenters. The van der Waals surface area contributed by atoms with Gasteiger partial charge in [0.15, 0.2) is 0 Å². The first-order valence-electron chi connectivity index (χ1n) is 11.0. The molecule has 0 radical (unpaired) electrons. The molecule has 4 rings (SSSR count). The van der Waals surface area contributed by atoms with Crippen LogP contribution in [0.15, 0.2) is 41.3 Å². The van der Waals surface area contributed by atoms with Crippen molar-refractivity contribution in [3.8, 4) is 5.75 Å². The molecule has 2 aliphatic rings. The fraction of sp³-hybridized carbons (Fsp3) is 0.320. The molecule has 2 aromatic rings. The molecule has 2 fully saturated rings. The van der Waals surface area contributed by atoms with Gasteiger partial charge in [0, 0.05) is 6.54 Å². The zero-order valence-electron chi connectivity index (χ0n) is 18.3. The quantitative estimate of drug-likeness (QED) is 0.253. The fourth-order valence-corrected chi connectivity index (χ4v) is 7.11. The Hall–Kier alpha value is -1.60. The van der Waals surface area contributed by atoms with Gasteiger partial charge in [0.1, 0.15) is 12.4 Å². The van der Waals surface area contributed by atoms with Gasteiger partial charge in [0.25, 0.3) is 11.1 Å². The van der Waals surface area contributed by atoms with E-state index in [2.05, 4.69) is 45.2 Å². The number of halogens is 2. The Balaban J connectivity index is 1.44. The number of rotatable bonds is 7. The Morgan fingerprint density at radius 1 is 1.09 bits per heavy atom. The molecule has 1 saturated heterocycles. The number of hydrogen-bond donors (Lipinski definition) is 1. The Morgan fingerprint density at radius 3 is 2.35 bits per heavy atom. The maximum Gasteiger partial charge on any atom is 0.335 e. The lowest BCUT2D eigenvalue weighted by molar-refractivity contribution is -0.123. The van der Waals surface area contributed by atoms with Crippen LogP contribution >= 0.6 is 56.9 Å². The zero-order valence-corrected chi connectivity index (χ0v) is 23.4. The van der Waals surface area contributed by atoms with Crippen LogP contribution in [0.2, 0.25) is 0 Å². The van der Waals surface area contributed by atoms with Crippen LogP contribution in [0.25, 0.3) is 6.08 Å². The normalized spacial score (nSPS) is 18.1. The molecule has 1 N–H and O–H groups in total.